The fourth-order valence-electron chi connectivity index (χ4n) is 4.82. The smallest absolute Gasteiger partial charge is 0.234 e. The Morgan fingerprint density at radius 2 is 1.86 bits per heavy atom. The number of aromatic nitrogens is 2. The van der Waals surface area contributed by atoms with Crippen molar-refractivity contribution in [3.05, 3.63) is 83.2 Å². The summed E-state index contributed by atoms with van der Waals surface area (Å²) in [6.07, 6.45) is 0.441. The van der Waals surface area contributed by atoms with E-state index >= 15 is 0 Å². The van der Waals surface area contributed by atoms with Gasteiger partial charge in [0.2, 0.25) is 5.91 Å². The number of ether oxygens (including phenoxy) is 2. The quantitative estimate of drug-likeness (QED) is 0.300. The van der Waals surface area contributed by atoms with Crippen LogP contribution < -0.4 is 19.6 Å². The van der Waals surface area contributed by atoms with Crippen LogP contribution in [0.25, 0.3) is 11.0 Å². The number of aryl methyl sites for hydroxylation is 1. The highest BCUT2D eigenvalue weighted by Gasteiger charge is 2.41. The van der Waals surface area contributed by atoms with Gasteiger partial charge in [0.1, 0.15) is 30.2 Å². The molecule has 1 N–H and O–H groups in total. The van der Waals surface area contributed by atoms with E-state index in [-0.39, 0.29) is 12.0 Å². The summed E-state index contributed by atoms with van der Waals surface area (Å²) in [5, 5.41) is 3.01. The molecule has 4 aromatic rings. The summed E-state index contributed by atoms with van der Waals surface area (Å²) in [5.74, 6) is 2.17. The van der Waals surface area contributed by atoms with Crippen molar-refractivity contribution in [1.29, 1.82) is 0 Å². The molecule has 2 heterocycles. The van der Waals surface area contributed by atoms with Gasteiger partial charge in [-0.1, -0.05) is 37.3 Å². The second-order valence-electron chi connectivity index (χ2n) is 9.83. The predicted molar refractivity (Wildman–Crippen MR) is 144 cm³/mol. The number of rotatable bonds is 9. The number of fused-ring (bicyclic) bond motifs is 2. The average Bonchev–Trinajstić information content (AvgIpc) is 3.37. The molecule has 0 spiro atoms. The number of carbonyl (C=O) groups excluding carboxylic acids is 1. The van der Waals surface area contributed by atoms with Crippen LogP contribution in [0.2, 0.25) is 0 Å². The van der Waals surface area contributed by atoms with Gasteiger partial charge in [-0.2, -0.15) is 4.73 Å². The maximum Gasteiger partial charge on any atom is 0.234 e. The van der Waals surface area contributed by atoms with Crippen molar-refractivity contribution >= 4 is 22.6 Å². The number of imidazole rings is 1. The lowest BCUT2D eigenvalue weighted by atomic mass is 9.85. The molecule has 7 heteroatoms. The van der Waals surface area contributed by atoms with Crippen LogP contribution in [0.1, 0.15) is 62.7 Å². The predicted octanol–water partition coefficient (Wildman–Crippen LogP) is 6.13. The molecule has 1 atom stereocenters. The van der Waals surface area contributed by atoms with Crippen molar-refractivity contribution in [2.75, 3.05) is 11.9 Å². The lowest BCUT2D eigenvalue weighted by molar-refractivity contribution is -0.119. The molecule has 0 saturated heterocycles. The molecule has 1 unspecified atom stereocenters. The summed E-state index contributed by atoms with van der Waals surface area (Å²) in [7, 11) is 0. The first-order valence-electron chi connectivity index (χ1n) is 12.8. The van der Waals surface area contributed by atoms with Crippen molar-refractivity contribution < 1.29 is 19.1 Å². The number of para-hydroxylation sites is 2. The Labute approximate surface area is 217 Å². The summed E-state index contributed by atoms with van der Waals surface area (Å²) in [5.41, 5.74) is 4.90. The highest BCUT2D eigenvalue weighted by atomic mass is 16.7. The molecule has 192 valence electrons. The molecule has 5 rings (SSSR count). The maximum absolute atomic E-state index is 12.5. The molecule has 0 bridgehead atoms. The van der Waals surface area contributed by atoms with Crippen molar-refractivity contribution in [2.45, 2.75) is 59.2 Å². The third-order valence-corrected chi connectivity index (χ3v) is 6.84. The number of carbonyl (C=O) groups is 1. The Morgan fingerprint density at radius 1 is 1.05 bits per heavy atom. The van der Waals surface area contributed by atoms with Gasteiger partial charge in [0.15, 0.2) is 11.9 Å². The van der Waals surface area contributed by atoms with E-state index in [1.165, 1.54) is 0 Å². The highest BCUT2D eigenvalue weighted by molar-refractivity contribution is 6.07. The number of nitrogens with zero attached hydrogens (tertiary/aromatic N) is 2. The summed E-state index contributed by atoms with van der Waals surface area (Å²) in [4.78, 5) is 23.3. The molecule has 1 aliphatic rings. The second-order valence-corrected chi connectivity index (χ2v) is 9.83. The molecule has 1 aliphatic heterocycles. The first-order valence-corrected chi connectivity index (χ1v) is 12.8. The molecular weight excluding hydrogens is 466 g/mol. The molecular formula is C30H33N3O4. The van der Waals surface area contributed by atoms with Crippen LogP contribution in [0.4, 0.5) is 5.69 Å². The Morgan fingerprint density at radius 3 is 2.65 bits per heavy atom. The van der Waals surface area contributed by atoms with Gasteiger partial charge in [0, 0.05) is 5.56 Å². The van der Waals surface area contributed by atoms with Gasteiger partial charge in [-0.3, -0.25) is 4.79 Å². The molecule has 0 radical (unpaired) electrons. The minimum atomic E-state index is -0.651. The Kier molecular flexibility index (Phi) is 6.54. The average molecular weight is 500 g/mol. The first kappa shape index (κ1) is 24.7. The van der Waals surface area contributed by atoms with Gasteiger partial charge in [0.05, 0.1) is 16.6 Å². The van der Waals surface area contributed by atoms with E-state index < -0.39 is 5.41 Å². The highest BCUT2D eigenvalue weighted by Crippen LogP contribution is 2.45. The van der Waals surface area contributed by atoms with Gasteiger partial charge in [0.25, 0.3) is 0 Å². The van der Waals surface area contributed by atoms with Crippen molar-refractivity contribution in [2.24, 2.45) is 0 Å². The third-order valence-electron chi connectivity index (χ3n) is 6.84. The molecule has 1 amide bonds. The van der Waals surface area contributed by atoms with E-state index in [1.54, 1.807) is 4.73 Å². The zero-order valence-electron chi connectivity index (χ0n) is 22.0. The topological polar surface area (TPSA) is 74.6 Å². The van der Waals surface area contributed by atoms with Crippen LogP contribution in [-0.2, 0) is 16.8 Å². The largest absolute Gasteiger partial charge is 0.489 e. The molecule has 0 saturated carbocycles. The standard InChI is InChI=1S/C30H33N3O4/c1-6-24(28-31-22-13-8-9-14-23(22)33(28)36-7-2)37-21-12-10-11-20(17-21)18-35-25-16-15-19(3)27-26(25)30(4,5)29(34)32-27/h8-17,24H,6-7,18H2,1-5H3,(H,32,34). The summed E-state index contributed by atoms with van der Waals surface area (Å²) >= 11 is 0. The third kappa shape index (κ3) is 4.50. The Balaban J connectivity index is 1.37. The van der Waals surface area contributed by atoms with Crippen molar-refractivity contribution in [1.82, 2.24) is 9.71 Å². The number of hydrogen-bond donors (Lipinski definition) is 1. The van der Waals surface area contributed by atoms with Crippen LogP contribution in [0.15, 0.2) is 60.7 Å². The maximum atomic E-state index is 12.5. The van der Waals surface area contributed by atoms with E-state index in [0.29, 0.717) is 19.0 Å². The molecule has 37 heavy (non-hydrogen) atoms. The fraction of sp³-hybridized carbons (Fsp3) is 0.333. The lowest BCUT2D eigenvalue weighted by Gasteiger charge is -2.21. The van der Waals surface area contributed by atoms with Gasteiger partial charge in [-0.15, -0.1) is 0 Å². The lowest BCUT2D eigenvalue weighted by Crippen LogP contribution is -2.27. The van der Waals surface area contributed by atoms with Crippen LogP contribution in [0, 0.1) is 6.92 Å². The number of anilines is 1. The van der Waals surface area contributed by atoms with Crippen LogP contribution >= 0.6 is 0 Å². The van der Waals surface area contributed by atoms with E-state index in [0.717, 1.165) is 51.4 Å². The van der Waals surface area contributed by atoms with Crippen LogP contribution in [0.5, 0.6) is 11.5 Å². The number of hydrogen-bond acceptors (Lipinski definition) is 5. The normalized spacial score (nSPS) is 14.8. The zero-order valence-corrected chi connectivity index (χ0v) is 22.0. The van der Waals surface area contributed by atoms with Gasteiger partial charge >= 0.3 is 0 Å². The van der Waals surface area contributed by atoms with E-state index in [9.17, 15) is 4.79 Å². The Hall–Kier alpha value is -4.00. The summed E-state index contributed by atoms with van der Waals surface area (Å²) in [6.45, 7) is 10.8. The summed E-state index contributed by atoms with van der Waals surface area (Å²) in [6, 6.07) is 19.7. The molecule has 0 fully saturated rings. The second kappa shape index (κ2) is 9.81. The summed E-state index contributed by atoms with van der Waals surface area (Å²) < 4.78 is 14.5. The molecule has 3 aromatic carbocycles. The number of nitrogens with one attached hydrogen (secondary N) is 1. The fourth-order valence-corrected chi connectivity index (χ4v) is 4.82. The number of amides is 1. The molecule has 7 nitrogen and oxygen atoms in total. The van der Waals surface area contributed by atoms with Crippen LogP contribution in [-0.4, -0.2) is 22.2 Å². The van der Waals surface area contributed by atoms with Gasteiger partial charge < -0.3 is 19.6 Å². The van der Waals surface area contributed by atoms with E-state index in [2.05, 4.69) is 12.2 Å². The van der Waals surface area contributed by atoms with Gasteiger partial charge in [-0.25, -0.2) is 4.98 Å². The van der Waals surface area contributed by atoms with Crippen LogP contribution in [0.3, 0.4) is 0 Å². The van der Waals surface area contributed by atoms with Crippen molar-refractivity contribution in [3.8, 4) is 11.5 Å². The minimum Gasteiger partial charge on any atom is -0.489 e. The Bertz CT molecular complexity index is 1460. The molecule has 0 aliphatic carbocycles. The number of benzene rings is 3. The van der Waals surface area contributed by atoms with E-state index in [1.807, 2.05) is 88.4 Å². The monoisotopic (exact) mass is 499 g/mol. The van der Waals surface area contributed by atoms with Crippen molar-refractivity contribution in [3.63, 3.8) is 0 Å². The first-order chi connectivity index (χ1) is 17.8. The minimum absolute atomic E-state index is 0.0132. The van der Waals surface area contributed by atoms with Gasteiger partial charge in [-0.05, 0) is 75.6 Å². The zero-order chi connectivity index (χ0) is 26.2. The van der Waals surface area contributed by atoms with E-state index in [4.69, 9.17) is 19.3 Å². The molecule has 1 aromatic heterocycles. The SMILES string of the molecule is CCOn1c(C(CC)Oc2cccc(COc3ccc(C)c4c3C(C)(C)C(=O)N4)c2)nc2ccccc21.